The normalized spacial score (nSPS) is 11.2. The minimum Gasteiger partial charge on any atom is -0.439 e. The molecule has 0 bridgehead atoms. The first-order valence-electron chi connectivity index (χ1n) is 8.37. The number of nitro benzene ring substituents is 1. The van der Waals surface area contributed by atoms with Crippen molar-refractivity contribution in [2.45, 2.75) is 18.2 Å². The second kappa shape index (κ2) is 7.73. The van der Waals surface area contributed by atoms with Crippen molar-refractivity contribution < 1.29 is 18.1 Å². The monoisotopic (exact) mass is 399 g/mol. The highest BCUT2D eigenvalue weighted by molar-refractivity contribution is 7.90. The van der Waals surface area contributed by atoms with Crippen LogP contribution < -0.4 is 4.74 Å². The molecule has 1 aromatic heterocycles. The molecule has 144 valence electrons. The molecule has 0 radical (unpaired) electrons. The Hall–Kier alpha value is -3.33. The Kier molecular flexibility index (Phi) is 5.36. The van der Waals surface area contributed by atoms with Crippen LogP contribution in [0.4, 0.5) is 5.69 Å². The molecule has 0 amide bonds. The van der Waals surface area contributed by atoms with Crippen molar-refractivity contribution in [3.8, 4) is 23.0 Å². The molecule has 9 heteroatoms. The van der Waals surface area contributed by atoms with Crippen LogP contribution in [-0.4, -0.2) is 29.6 Å². The maximum Gasteiger partial charge on any atom is 0.269 e. The number of hydrogen-bond acceptors (Lipinski definition) is 7. The minimum absolute atomic E-state index is 0.0159. The number of rotatable bonds is 6. The molecule has 0 saturated heterocycles. The molecule has 0 aliphatic heterocycles. The summed E-state index contributed by atoms with van der Waals surface area (Å²) >= 11 is 0. The van der Waals surface area contributed by atoms with E-state index in [4.69, 9.17) is 4.74 Å². The second-order valence-corrected chi connectivity index (χ2v) is 8.04. The summed E-state index contributed by atoms with van der Waals surface area (Å²) in [5.41, 5.74) is 1.35. The standard InChI is InChI=1S/C19H17N3O5S/c1-3-14-12-18(27-16-8-10-17(11-9-16)28(2,25)26)21-19(20-14)13-4-6-15(7-5-13)22(23)24/h4-12H,3H2,1-2H3. The molecule has 0 atom stereocenters. The highest BCUT2D eigenvalue weighted by Gasteiger charge is 2.12. The average Bonchev–Trinajstić information content (AvgIpc) is 2.67. The Morgan fingerprint density at radius 3 is 2.21 bits per heavy atom. The van der Waals surface area contributed by atoms with Gasteiger partial charge >= 0.3 is 0 Å². The number of aromatic nitrogens is 2. The van der Waals surface area contributed by atoms with Crippen LogP contribution in [0.3, 0.4) is 0 Å². The first-order chi connectivity index (χ1) is 13.3. The molecule has 2 aromatic carbocycles. The molecular weight excluding hydrogens is 382 g/mol. The van der Waals surface area contributed by atoms with Crippen molar-refractivity contribution in [3.63, 3.8) is 0 Å². The third-order valence-electron chi connectivity index (χ3n) is 3.93. The van der Waals surface area contributed by atoms with Crippen LogP contribution in [-0.2, 0) is 16.3 Å². The fourth-order valence-electron chi connectivity index (χ4n) is 2.44. The molecule has 0 fully saturated rings. The number of aryl methyl sites for hydroxylation is 1. The smallest absolute Gasteiger partial charge is 0.269 e. The predicted octanol–water partition coefficient (Wildman–Crippen LogP) is 3.81. The van der Waals surface area contributed by atoms with Gasteiger partial charge in [0.05, 0.1) is 9.82 Å². The van der Waals surface area contributed by atoms with Gasteiger partial charge in [0.2, 0.25) is 5.88 Å². The Morgan fingerprint density at radius 2 is 1.68 bits per heavy atom. The van der Waals surface area contributed by atoms with E-state index in [1.54, 1.807) is 30.3 Å². The van der Waals surface area contributed by atoms with Gasteiger partial charge in [0, 0.05) is 35.7 Å². The molecule has 0 aliphatic rings. The van der Waals surface area contributed by atoms with Crippen LogP contribution in [0, 0.1) is 10.1 Å². The van der Waals surface area contributed by atoms with Crippen molar-refractivity contribution in [2.24, 2.45) is 0 Å². The zero-order chi connectivity index (χ0) is 20.3. The quantitative estimate of drug-likeness (QED) is 0.457. The number of benzene rings is 2. The maximum absolute atomic E-state index is 11.6. The van der Waals surface area contributed by atoms with Crippen LogP contribution in [0.1, 0.15) is 12.6 Å². The molecule has 8 nitrogen and oxygen atoms in total. The fraction of sp³-hybridized carbons (Fsp3) is 0.158. The molecular formula is C19H17N3O5S. The van der Waals surface area contributed by atoms with Gasteiger partial charge in [-0.05, 0) is 42.8 Å². The lowest BCUT2D eigenvalue weighted by Crippen LogP contribution is -1.99. The zero-order valence-corrected chi connectivity index (χ0v) is 16.0. The van der Waals surface area contributed by atoms with Gasteiger partial charge in [-0.2, -0.15) is 4.98 Å². The lowest BCUT2D eigenvalue weighted by molar-refractivity contribution is -0.384. The van der Waals surface area contributed by atoms with Crippen molar-refractivity contribution in [1.82, 2.24) is 9.97 Å². The summed E-state index contributed by atoms with van der Waals surface area (Å²) in [5, 5.41) is 10.8. The molecule has 3 aromatic rings. The minimum atomic E-state index is -3.28. The van der Waals surface area contributed by atoms with Crippen LogP contribution in [0.25, 0.3) is 11.4 Å². The molecule has 0 saturated carbocycles. The van der Waals surface area contributed by atoms with Crippen molar-refractivity contribution >= 4 is 15.5 Å². The Labute approximate surface area is 161 Å². The zero-order valence-electron chi connectivity index (χ0n) is 15.2. The van der Waals surface area contributed by atoms with Crippen LogP contribution in [0.5, 0.6) is 11.6 Å². The number of ether oxygens (including phenoxy) is 1. The van der Waals surface area contributed by atoms with Crippen LogP contribution >= 0.6 is 0 Å². The Balaban J connectivity index is 1.91. The molecule has 0 N–H and O–H groups in total. The lowest BCUT2D eigenvalue weighted by Gasteiger charge is -2.09. The van der Waals surface area contributed by atoms with Gasteiger partial charge in [-0.1, -0.05) is 6.92 Å². The van der Waals surface area contributed by atoms with Gasteiger partial charge in [-0.3, -0.25) is 10.1 Å². The predicted molar refractivity (Wildman–Crippen MR) is 103 cm³/mol. The van der Waals surface area contributed by atoms with Gasteiger partial charge in [0.15, 0.2) is 15.7 Å². The van der Waals surface area contributed by atoms with Crippen molar-refractivity contribution in [1.29, 1.82) is 0 Å². The highest BCUT2D eigenvalue weighted by atomic mass is 32.2. The number of sulfone groups is 1. The summed E-state index contributed by atoms with van der Waals surface area (Å²) in [5.74, 6) is 1.12. The topological polar surface area (TPSA) is 112 Å². The highest BCUT2D eigenvalue weighted by Crippen LogP contribution is 2.26. The van der Waals surface area contributed by atoms with Crippen LogP contribution in [0.2, 0.25) is 0 Å². The van der Waals surface area contributed by atoms with Crippen molar-refractivity contribution in [2.75, 3.05) is 6.26 Å². The second-order valence-electron chi connectivity index (χ2n) is 6.02. The maximum atomic E-state index is 11.6. The number of nitro groups is 1. The fourth-order valence-corrected chi connectivity index (χ4v) is 3.07. The molecule has 1 heterocycles. The summed E-state index contributed by atoms with van der Waals surface area (Å²) in [6, 6.07) is 13.7. The summed E-state index contributed by atoms with van der Waals surface area (Å²) in [6.07, 6.45) is 1.78. The van der Waals surface area contributed by atoms with E-state index in [2.05, 4.69) is 9.97 Å². The number of non-ortho nitro benzene ring substituents is 1. The molecule has 0 spiro atoms. The molecule has 0 unspecified atom stereocenters. The SMILES string of the molecule is CCc1cc(Oc2ccc(S(C)(=O)=O)cc2)nc(-c2ccc([N+](=O)[O-])cc2)n1. The summed E-state index contributed by atoms with van der Waals surface area (Å²) < 4.78 is 28.9. The largest absolute Gasteiger partial charge is 0.439 e. The first kappa shape index (κ1) is 19.4. The van der Waals surface area contributed by atoms with E-state index in [1.165, 1.54) is 24.3 Å². The van der Waals surface area contributed by atoms with Gasteiger partial charge in [0.1, 0.15) is 5.75 Å². The Morgan fingerprint density at radius 1 is 1.04 bits per heavy atom. The Bertz CT molecular complexity index is 1110. The first-order valence-corrected chi connectivity index (χ1v) is 10.3. The van der Waals surface area contributed by atoms with E-state index in [1.807, 2.05) is 6.92 Å². The van der Waals surface area contributed by atoms with E-state index in [0.29, 0.717) is 29.4 Å². The van der Waals surface area contributed by atoms with E-state index in [0.717, 1.165) is 11.9 Å². The van der Waals surface area contributed by atoms with Crippen LogP contribution in [0.15, 0.2) is 59.5 Å². The van der Waals surface area contributed by atoms with Gasteiger partial charge in [0.25, 0.3) is 5.69 Å². The summed E-state index contributed by atoms with van der Waals surface area (Å²) in [7, 11) is -3.28. The third kappa shape index (κ3) is 4.49. The van der Waals surface area contributed by atoms with Gasteiger partial charge in [-0.15, -0.1) is 0 Å². The average molecular weight is 399 g/mol. The van der Waals surface area contributed by atoms with Gasteiger partial charge < -0.3 is 4.74 Å². The van der Waals surface area contributed by atoms with Crippen molar-refractivity contribution in [3.05, 3.63) is 70.4 Å². The van der Waals surface area contributed by atoms with Gasteiger partial charge in [-0.25, -0.2) is 13.4 Å². The summed E-state index contributed by atoms with van der Waals surface area (Å²) in [4.78, 5) is 19.4. The van der Waals surface area contributed by atoms with E-state index >= 15 is 0 Å². The molecule has 3 rings (SSSR count). The molecule has 28 heavy (non-hydrogen) atoms. The lowest BCUT2D eigenvalue weighted by atomic mass is 10.2. The number of hydrogen-bond donors (Lipinski definition) is 0. The summed E-state index contributed by atoms with van der Waals surface area (Å²) in [6.45, 7) is 1.94. The van der Waals surface area contributed by atoms with E-state index in [9.17, 15) is 18.5 Å². The van der Waals surface area contributed by atoms with E-state index in [-0.39, 0.29) is 10.6 Å². The number of nitrogens with zero attached hydrogens (tertiary/aromatic N) is 3. The van der Waals surface area contributed by atoms with E-state index < -0.39 is 14.8 Å². The third-order valence-corrected chi connectivity index (χ3v) is 5.06. The molecule has 0 aliphatic carbocycles.